The van der Waals surface area contributed by atoms with Gasteiger partial charge < -0.3 is 14.6 Å². The topological polar surface area (TPSA) is 39.1 Å². The summed E-state index contributed by atoms with van der Waals surface area (Å²) in [6.07, 6.45) is 7.44. The van der Waals surface area contributed by atoms with Crippen LogP contribution in [0.2, 0.25) is 0 Å². The lowest BCUT2D eigenvalue weighted by Crippen LogP contribution is -2.26. The van der Waals surface area contributed by atoms with E-state index in [0.29, 0.717) is 12.6 Å². The van der Waals surface area contributed by atoms with Crippen molar-refractivity contribution < 1.29 is 4.74 Å². The SMILES string of the molecule is CCCn1cncc1COCC1CCCN1. The van der Waals surface area contributed by atoms with Gasteiger partial charge in [-0.25, -0.2) is 4.98 Å². The van der Waals surface area contributed by atoms with Crippen LogP contribution in [0.1, 0.15) is 31.9 Å². The van der Waals surface area contributed by atoms with Crippen molar-refractivity contribution in [1.29, 1.82) is 0 Å². The zero-order chi connectivity index (χ0) is 11.2. The molecule has 0 bridgehead atoms. The molecular formula is C12H21N3O. The molecule has 0 aromatic carbocycles. The van der Waals surface area contributed by atoms with Crippen LogP contribution in [-0.4, -0.2) is 28.7 Å². The molecule has 1 atom stereocenters. The minimum absolute atomic E-state index is 0.558. The van der Waals surface area contributed by atoms with E-state index in [0.717, 1.165) is 26.1 Å². The second-order valence-electron chi connectivity index (χ2n) is 4.39. The fourth-order valence-corrected chi connectivity index (χ4v) is 2.12. The Morgan fingerprint density at radius 1 is 1.62 bits per heavy atom. The number of aryl methyl sites for hydroxylation is 1. The molecule has 1 aromatic heterocycles. The third-order valence-corrected chi connectivity index (χ3v) is 2.99. The lowest BCUT2D eigenvalue weighted by Gasteiger charge is -2.11. The summed E-state index contributed by atoms with van der Waals surface area (Å²) in [4.78, 5) is 4.16. The van der Waals surface area contributed by atoms with E-state index in [1.54, 1.807) is 0 Å². The summed E-state index contributed by atoms with van der Waals surface area (Å²) in [5, 5.41) is 3.43. The smallest absolute Gasteiger partial charge is 0.0948 e. The molecule has 1 aliphatic rings. The first-order valence-corrected chi connectivity index (χ1v) is 6.20. The molecule has 1 aliphatic heterocycles. The molecule has 1 unspecified atom stereocenters. The standard InChI is InChI=1S/C12H21N3O/c1-2-6-15-10-13-7-12(15)9-16-8-11-4-3-5-14-11/h7,10-11,14H,2-6,8-9H2,1H3. The van der Waals surface area contributed by atoms with Crippen molar-refractivity contribution >= 4 is 0 Å². The third-order valence-electron chi connectivity index (χ3n) is 2.99. The number of nitrogens with zero attached hydrogens (tertiary/aromatic N) is 2. The second kappa shape index (κ2) is 6.01. The number of imidazole rings is 1. The van der Waals surface area contributed by atoms with Crippen molar-refractivity contribution in [2.75, 3.05) is 13.2 Å². The molecule has 0 aliphatic carbocycles. The van der Waals surface area contributed by atoms with Crippen LogP contribution in [0.25, 0.3) is 0 Å². The Bertz CT molecular complexity index is 305. The highest BCUT2D eigenvalue weighted by Gasteiger charge is 2.13. The van der Waals surface area contributed by atoms with Gasteiger partial charge in [0.25, 0.3) is 0 Å². The number of aromatic nitrogens is 2. The van der Waals surface area contributed by atoms with Gasteiger partial charge in [0.05, 0.1) is 31.4 Å². The van der Waals surface area contributed by atoms with Gasteiger partial charge in [0.1, 0.15) is 0 Å². The van der Waals surface area contributed by atoms with Crippen molar-refractivity contribution in [1.82, 2.24) is 14.9 Å². The highest BCUT2D eigenvalue weighted by Crippen LogP contribution is 2.07. The number of rotatable bonds is 6. The van der Waals surface area contributed by atoms with Crippen LogP contribution in [0.15, 0.2) is 12.5 Å². The highest BCUT2D eigenvalue weighted by atomic mass is 16.5. The number of nitrogens with one attached hydrogen (secondary N) is 1. The summed E-state index contributed by atoms with van der Waals surface area (Å²) >= 11 is 0. The number of hydrogen-bond donors (Lipinski definition) is 1. The van der Waals surface area contributed by atoms with E-state index < -0.39 is 0 Å². The molecule has 1 aromatic rings. The molecule has 0 radical (unpaired) electrons. The van der Waals surface area contributed by atoms with Gasteiger partial charge >= 0.3 is 0 Å². The minimum atomic E-state index is 0.558. The predicted molar refractivity (Wildman–Crippen MR) is 63.2 cm³/mol. The van der Waals surface area contributed by atoms with Crippen LogP contribution < -0.4 is 5.32 Å². The first-order valence-electron chi connectivity index (χ1n) is 6.20. The van der Waals surface area contributed by atoms with Crippen molar-refractivity contribution in [2.24, 2.45) is 0 Å². The maximum absolute atomic E-state index is 5.73. The quantitative estimate of drug-likeness (QED) is 0.795. The summed E-state index contributed by atoms with van der Waals surface area (Å²) in [5.74, 6) is 0. The van der Waals surface area contributed by atoms with Crippen LogP contribution in [0.3, 0.4) is 0 Å². The lowest BCUT2D eigenvalue weighted by molar-refractivity contribution is 0.0987. The number of ether oxygens (including phenoxy) is 1. The minimum Gasteiger partial charge on any atom is -0.374 e. The first-order chi connectivity index (χ1) is 7.90. The van der Waals surface area contributed by atoms with Gasteiger partial charge in [-0.15, -0.1) is 0 Å². The Balaban J connectivity index is 1.73. The van der Waals surface area contributed by atoms with Gasteiger partial charge in [-0.2, -0.15) is 0 Å². The summed E-state index contributed by atoms with van der Waals surface area (Å²) < 4.78 is 7.89. The van der Waals surface area contributed by atoms with E-state index in [1.165, 1.54) is 18.5 Å². The summed E-state index contributed by atoms with van der Waals surface area (Å²) in [6.45, 7) is 5.84. The third kappa shape index (κ3) is 3.06. The monoisotopic (exact) mass is 223 g/mol. The van der Waals surface area contributed by atoms with Crippen LogP contribution in [0.5, 0.6) is 0 Å². The summed E-state index contributed by atoms with van der Waals surface area (Å²) in [6, 6.07) is 0.558. The maximum atomic E-state index is 5.73. The fourth-order valence-electron chi connectivity index (χ4n) is 2.12. The molecule has 0 amide bonds. The molecule has 0 spiro atoms. The van der Waals surface area contributed by atoms with Crippen molar-refractivity contribution in [2.45, 2.75) is 45.4 Å². The van der Waals surface area contributed by atoms with Crippen molar-refractivity contribution in [3.8, 4) is 0 Å². The molecule has 90 valence electrons. The zero-order valence-electron chi connectivity index (χ0n) is 9.98. The van der Waals surface area contributed by atoms with E-state index in [9.17, 15) is 0 Å². The molecule has 4 heteroatoms. The van der Waals surface area contributed by atoms with Gasteiger partial charge in [0.15, 0.2) is 0 Å². The zero-order valence-corrected chi connectivity index (χ0v) is 9.98. The van der Waals surface area contributed by atoms with Crippen molar-refractivity contribution in [3.63, 3.8) is 0 Å². The van der Waals surface area contributed by atoms with Crippen LogP contribution in [-0.2, 0) is 17.9 Å². The molecule has 2 heterocycles. The molecule has 4 nitrogen and oxygen atoms in total. The van der Waals surface area contributed by atoms with E-state index in [2.05, 4.69) is 21.8 Å². The Labute approximate surface area is 97.0 Å². The average molecular weight is 223 g/mol. The molecule has 1 N–H and O–H groups in total. The Morgan fingerprint density at radius 2 is 2.56 bits per heavy atom. The largest absolute Gasteiger partial charge is 0.374 e. The summed E-state index contributed by atoms with van der Waals surface area (Å²) in [7, 11) is 0. The maximum Gasteiger partial charge on any atom is 0.0948 e. The van der Waals surface area contributed by atoms with Crippen LogP contribution in [0.4, 0.5) is 0 Å². The van der Waals surface area contributed by atoms with E-state index in [1.807, 2.05) is 12.5 Å². The second-order valence-corrected chi connectivity index (χ2v) is 4.39. The van der Waals surface area contributed by atoms with Gasteiger partial charge in [0.2, 0.25) is 0 Å². The van der Waals surface area contributed by atoms with Crippen LogP contribution in [0, 0.1) is 0 Å². The molecule has 0 saturated carbocycles. The molecule has 1 fully saturated rings. The highest BCUT2D eigenvalue weighted by molar-refractivity contribution is 4.96. The van der Waals surface area contributed by atoms with Crippen LogP contribution >= 0.6 is 0 Å². The fraction of sp³-hybridized carbons (Fsp3) is 0.750. The van der Waals surface area contributed by atoms with Gasteiger partial charge in [0, 0.05) is 12.6 Å². The first kappa shape index (κ1) is 11.6. The van der Waals surface area contributed by atoms with Crippen molar-refractivity contribution in [3.05, 3.63) is 18.2 Å². The Kier molecular flexibility index (Phi) is 4.36. The lowest BCUT2D eigenvalue weighted by atomic mass is 10.2. The van der Waals surface area contributed by atoms with Gasteiger partial charge in [-0.3, -0.25) is 0 Å². The van der Waals surface area contributed by atoms with E-state index in [4.69, 9.17) is 4.74 Å². The average Bonchev–Trinajstić information content (AvgIpc) is 2.91. The molecule has 2 rings (SSSR count). The molecule has 1 saturated heterocycles. The number of hydrogen-bond acceptors (Lipinski definition) is 3. The predicted octanol–water partition coefficient (Wildman–Crippen LogP) is 1.56. The van der Waals surface area contributed by atoms with E-state index in [-0.39, 0.29) is 0 Å². The van der Waals surface area contributed by atoms with Gasteiger partial charge in [-0.1, -0.05) is 6.92 Å². The normalized spacial score (nSPS) is 20.4. The Morgan fingerprint density at radius 3 is 3.31 bits per heavy atom. The summed E-state index contributed by atoms with van der Waals surface area (Å²) in [5.41, 5.74) is 1.18. The Hall–Kier alpha value is -0.870. The molecular weight excluding hydrogens is 202 g/mol. The van der Waals surface area contributed by atoms with E-state index >= 15 is 0 Å². The van der Waals surface area contributed by atoms with Gasteiger partial charge in [-0.05, 0) is 25.8 Å². The molecule has 16 heavy (non-hydrogen) atoms.